The molecule has 0 unspecified atom stereocenters. The van der Waals surface area contributed by atoms with Crippen molar-refractivity contribution in [2.75, 3.05) is 0 Å². The first kappa shape index (κ1) is 9.73. The highest BCUT2D eigenvalue weighted by atomic mass is 127. The number of hydrogen-bond acceptors (Lipinski definition) is 1. The molecule has 1 rings (SSSR count). The number of carbonyl (C=O) groups excluding carboxylic acids is 1. The van der Waals surface area contributed by atoms with Gasteiger partial charge in [0.15, 0.2) is 0 Å². The highest BCUT2D eigenvalue weighted by Gasteiger charge is 2.12. The maximum Gasteiger partial charge on any atom is 0.251 e. The first-order valence-corrected chi connectivity index (χ1v) is 4.42. The number of halogens is 3. The molecule has 0 saturated carbocycles. The van der Waals surface area contributed by atoms with Gasteiger partial charge < -0.3 is 5.73 Å². The van der Waals surface area contributed by atoms with E-state index in [1.807, 2.05) is 0 Å². The van der Waals surface area contributed by atoms with Crippen LogP contribution in [0.5, 0.6) is 0 Å². The minimum atomic E-state index is -0.812. The summed E-state index contributed by atoms with van der Waals surface area (Å²) in [6.07, 6.45) is 0. The second-order valence-corrected chi connectivity index (χ2v) is 3.71. The van der Waals surface area contributed by atoms with Gasteiger partial charge in [-0.05, 0) is 34.7 Å². The van der Waals surface area contributed by atoms with Crippen molar-refractivity contribution in [2.24, 2.45) is 5.73 Å². The van der Waals surface area contributed by atoms with Crippen LogP contribution in [0.25, 0.3) is 0 Å². The van der Waals surface area contributed by atoms with Gasteiger partial charge in [0, 0.05) is 5.02 Å². The van der Waals surface area contributed by atoms with Crippen molar-refractivity contribution in [3.8, 4) is 0 Å². The molecule has 1 amide bonds. The molecular formula is C7H4ClFINO. The average molecular weight is 299 g/mol. The number of rotatable bonds is 1. The van der Waals surface area contributed by atoms with Crippen molar-refractivity contribution in [3.63, 3.8) is 0 Å². The van der Waals surface area contributed by atoms with E-state index in [1.54, 1.807) is 22.6 Å². The number of amides is 1. The summed E-state index contributed by atoms with van der Waals surface area (Å²) in [4.78, 5) is 10.6. The van der Waals surface area contributed by atoms with Crippen LogP contribution in [0.3, 0.4) is 0 Å². The van der Waals surface area contributed by atoms with E-state index in [2.05, 4.69) is 0 Å². The van der Waals surface area contributed by atoms with Gasteiger partial charge in [-0.1, -0.05) is 11.6 Å². The van der Waals surface area contributed by atoms with Gasteiger partial charge in [0.05, 0.1) is 9.13 Å². The van der Waals surface area contributed by atoms with Gasteiger partial charge in [0.1, 0.15) is 5.82 Å². The van der Waals surface area contributed by atoms with Crippen LogP contribution in [0, 0.1) is 9.39 Å². The molecule has 5 heteroatoms. The monoisotopic (exact) mass is 299 g/mol. The van der Waals surface area contributed by atoms with Gasteiger partial charge in [-0.15, -0.1) is 0 Å². The predicted octanol–water partition coefficient (Wildman–Crippen LogP) is 2.18. The molecule has 0 aromatic heterocycles. The Morgan fingerprint density at radius 3 is 2.67 bits per heavy atom. The molecule has 0 aliphatic carbocycles. The molecule has 0 fully saturated rings. The fourth-order valence-corrected chi connectivity index (χ4v) is 1.76. The van der Waals surface area contributed by atoms with Crippen LogP contribution >= 0.6 is 34.2 Å². The van der Waals surface area contributed by atoms with Gasteiger partial charge in [-0.25, -0.2) is 4.39 Å². The van der Waals surface area contributed by atoms with Crippen molar-refractivity contribution < 1.29 is 9.18 Å². The van der Waals surface area contributed by atoms with Crippen molar-refractivity contribution in [1.29, 1.82) is 0 Å². The predicted molar refractivity (Wildman–Crippen MR) is 52.6 cm³/mol. The smallest absolute Gasteiger partial charge is 0.251 e. The molecule has 2 N–H and O–H groups in total. The fourth-order valence-electron chi connectivity index (χ4n) is 0.735. The van der Waals surface area contributed by atoms with E-state index >= 15 is 0 Å². The highest BCUT2D eigenvalue weighted by molar-refractivity contribution is 14.1. The Labute approximate surface area is 87.0 Å². The maximum absolute atomic E-state index is 13.1. The summed E-state index contributed by atoms with van der Waals surface area (Å²) in [7, 11) is 0. The molecule has 0 spiro atoms. The Morgan fingerprint density at radius 1 is 1.58 bits per heavy atom. The summed E-state index contributed by atoms with van der Waals surface area (Å²) in [5.74, 6) is -1.43. The lowest BCUT2D eigenvalue weighted by Gasteiger charge is -2.00. The molecule has 64 valence electrons. The molecular weight excluding hydrogens is 295 g/mol. The lowest BCUT2D eigenvalue weighted by Crippen LogP contribution is -2.13. The zero-order valence-electron chi connectivity index (χ0n) is 5.77. The summed E-state index contributed by atoms with van der Waals surface area (Å²) >= 11 is 7.33. The first-order valence-electron chi connectivity index (χ1n) is 2.96. The second-order valence-electron chi connectivity index (χ2n) is 2.11. The molecule has 1 aromatic rings. The standard InChI is InChI=1S/C7H4ClFINO/c8-3-1-4(7(11)12)6(9)5(10)2-3/h1-2H,(H2,11,12). The van der Waals surface area contributed by atoms with Crippen molar-refractivity contribution >= 4 is 40.1 Å². The molecule has 0 atom stereocenters. The first-order chi connectivity index (χ1) is 5.52. The molecule has 12 heavy (non-hydrogen) atoms. The number of benzene rings is 1. The summed E-state index contributed by atoms with van der Waals surface area (Å²) in [6, 6.07) is 2.63. The average Bonchev–Trinajstić information content (AvgIpc) is 1.96. The van der Waals surface area contributed by atoms with Crippen molar-refractivity contribution in [3.05, 3.63) is 32.1 Å². The maximum atomic E-state index is 13.1. The Morgan fingerprint density at radius 2 is 2.17 bits per heavy atom. The SMILES string of the molecule is NC(=O)c1cc(Cl)cc(I)c1F. The normalized spacial score (nSPS) is 9.92. The minimum Gasteiger partial charge on any atom is -0.366 e. The molecule has 0 radical (unpaired) electrons. The van der Waals surface area contributed by atoms with Gasteiger partial charge >= 0.3 is 0 Å². The van der Waals surface area contributed by atoms with Crippen LogP contribution in [0.2, 0.25) is 5.02 Å². The van der Waals surface area contributed by atoms with E-state index in [4.69, 9.17) is 17.3 Å². The van der Waals surface area contributed by atoms with Crippen molar-refractivity contribution in [1.82, 2.24) is 0 Å². The van der Waals surface area contributed by atoms with Crippen LogP contribution < -0.4 is 5.73 Å². The lowest BCUT2D eigenvalue weighted by atomic mass is 10.2. The van der Waals surface area contributed by atoms with E-state index in [0.717, 1.165) is 0 Å². The van der Waals surface area contributed by atoms with Crippen LogP contribution in [0.4, 0.5) is 4.39 Å². The minimum absolute atomic E-state index is 0.174. The van der Waals surface area contributed by atoms with Crippen LogP contribution in [0.1, 0.15) is 10.4 Å². The third-order valence-electron chi connectivity index (χ3n) is 1.26. The number of primary amides is 1. The topological polar surface area (TPSA) is 43.1 Å². The summed E-state index contributed by atoms with van der Waals surface area (Å²) < 4.78 is 13.4. The van der Waals surface area contributed by atoms with E-state index in [9.17, 15) is 9.18 Å². The van der Waals surface area contributed by atoms with Gasteiger partial charge in [-0.2, -0.15) is 0 Å². The van der Waals surface area contributed by atoms with E-state index in [0.29, 0.717) is 5.02 Å². The highest BCUT2D eigenvalue weighted by Crippen LogP contribution is 2.20. The molecule has 0 saturated heterocycles. The number of carbonyl (C=O) groups is 1. The van der Waals surface area contributed by atoms with Crippen LogP contribution in [0.15, 0.2) is 12.1 Å². The summed E-state index contributed by atoms with van der Waals surface area (Å²) in [6.45, 7) is 0. The summed E-state index contributed by atoms with van der Waals surface area (Å²) in [5.41, 5.74) is 4.74. The van der Waals surface area contributed by atoms with Crippen molar-refractivity contribution in [2.45, 2.75) is 0 Å². The van der Waals surface area contributed by atoms with Gasteiger partial charge in [0.2, 0.25) is 0 Å². The zero-order valence-corrected chi connectivity index (χ0v) is 8.69. The van der Waals surface area contributed by atoms with Gasteiger partial charge in [-0.3, -0.25) is 4.79 Å². The molecule has 0 aliphatic rings. The van der Waals surface area contributed by atoms with E-state index in [-0.39, 0.29) is 9.13 Å². The van der Waals surface area contributed by atoms with E-state index < -0.39 is 11.7 Å². The molecule has 0 aliphatic heterocycles. The lowest BCUT2D eigenvalue weighted by molar-refractivity contribution is 0.0996. The summed E-state index contributed by atoms with van der Waals surface area (Å²) in [5, 5.41) is 0.301. The third-order valence-corrected chi connectivity index (χ3v) is 2.26. The fraction of sp³-hybridized carbons (Fsp3) is 0. The Bertz CT molecular complexity index is 342. The number of nitrogens with two attached hydrogens (primary N) is 1. The van der Waals surface area contributed by atoms with Crippen LogP contribution in [-0.4, -0.2) is 5.91 Å². The molecule has 2 nitrogen and oxygen atoms in total. The molecule has 1 aromatic carbocycles. The Hall–Kier alpha value is -0.360. The number of hydrogen-bond donors (Lipinski definition) is 1. The largest absolute Gasteiger partial charge is 0.366 e. The van der Waals surface area contributed by atoms with Crippen LogP contribution in [-0.2, 0) is 0 Å². The Balaban J connectivity index is 3.37. The van der Waals surface area contributed by atoms with E-state index in [1.165, 1.54) is 12.1 Å². The Kier molecular flexibility index (Phi) is 2.89. The zero-order chi connectivity index (χ0) is 9.30. The molecule has 0 bridgehead atoms. The third kappa shape index (κ3) is 1.87. The second kappa shape index (κ2) is 3.57. The quantitative estimate of drug-likeness (QED) is 0.627. The molecule has 0 heterocycles. The van der Waals surface area contributed by atoms with Gasteiger partial charge in [0.25, 0.3) is 5.91 Å².